The lowest BCUT2D eigenvalue weighted by Crippen LogP contribution is -2.35. The molecule has 3 rings (SSSR count). The number of likely N-dealkylation sites (N-methyl/N-ethyl adjacent to an activating group) is 1. The van der Waals surface area contributed by atoms with Gasteiger partial charge in [0.1, 0.15) is 11.6 Å². The molecule has 0 atom stereocenters. The molecular weight excluding hydrogens is 334 g/mol. The first kappa shape index (κ1) is 17.6. The number of Topliss-reactive ketones (excluding diaryl/α,β-unsaturated/α-hetero) is 1. The Morgan fingerprint density at radius 1 is 1.23 bits per heavy atom. The normalized spacial score (nSPS) is 13.0. The van der Waals surface area contributed by atoms with Crippen molar-refractivity contribution >= 4 is 29.1 Å². The van der Waals surface area contributed by atoms with Gasteiger partial charge in [-0.1, -0.05) is 6.07 Å². The summed E-state index contributed by atoms with van der Waals surface area (Å²) in [5, 5.41) is 2.66. The molecule has 0 fully saturated rings. The van der Waals surface area contributed by atoms with Crippen LogP contribution in [0.5, 0.6) is 5.75 Å². The Kier molecular flexibility index (Phi) is 4.97. The van der Waals surface area contributed by atoms with E-state index in [2.05, 4.69) is 10.3 Å². The molecule has 2 amide bonds. The number of fused-ring (bicyclic) bond motifs is 1. The monoisotopic (exact) mass is 353 g/mol. The van der Waals surface area contributed by atoms with Crippen molar-refractivity contribution in [2.45, 2.75) is 19.8 Å². The van der Waals surface area contributed by atoms with Crippen LogP contribution < -0.4 is 15.0 Å². The summed E-state index contributed by atoms with van der Waals surface area (Å²) in [6, 6.07) is 8.49. The van der Waals surface area contributed by atoms with Gasteiger partial charge in [-0.15, -0.1) is 0 Å². The molecule has 1 aromatic heterocycles. The molecule has 1 N–H and O–H groups in total. The summed E-state index contributed by atoms with van der Waals surface area (Å²) in [5.74, 6) is 0.396. The first-order chi connectivity index (χ1) is 12.4. The van der Waals surface area contributed by atoms with E-state index in [1.165, 1.54) is 4.90 Å². The Morgan fingerprint density at radius 2 is 2.04 bits per heavy atom. The molecule has 2 heterocycles. The summed E-state index contributed by atoms with van der Waals surface area (Å²) in [5.41, 5.74) is 1.99. The second-order valence-electron chi connectivity index (χ2n) is 6.12. The molecule has 0 aliphatic carbocycles. The molecule has 1 aromatic carbocycles. The molecule has 1 aliphatic heterocycles. The number of amides is 2. The number of nitrogens with zero attached hydrogens (tertiary/aromatic N) is 2. The number of hydrogen-bond acceptors (Lipinski definition) is 5. The largest absolute Gasteiger partial charge is 0.482 e. The smallest absolute Gasteiger partial charge is 0.264 e. The first-order valence-corrected chi connectivity index (χ1v) is 8.23. The van der Waals surface area contributed by atoms with E-state index in [1.807, 2.05) is 13.0 Å². The second-order valence-corrected chi connectivity index (χ2v) is 6.12. The summed E-state index contributed by atoms with van der Waals surface area (Å²) in [7, 11) is 1.64. The standard InChI is InChI=1S/C19H19N3O4/c1-12-3-7-17(20-10-12)21-18(24)8-5-15(23)13-4-6-16-14(9-13)22(2)19(25)11-26-16/h3-4,6-7,9-10H,5,8,11H2,1-2H3,(H,20,21,24). The van der Waals surface area contributed by atoms with Crippen molar-refractivity contribution < 1.29 is 19.1 Å². The Balaban J connectivity index is 1.60. The fourth-order valence-corrected chi connectivity index (χ4v) is 2.56. The Hall–Kier alpha value is -3.22. The van der Waals surface area contributed by atoms with Gasteiger partial charge in [0.15, 0.2) is 12.4 Å². The first-order valence-electron chi connectivity index (χ1n) is 8.23. The van der Waals surface area contributed by atoms with Crippen LogP contribution in [0.4, 0.5) is 11.5 Å². The highest BCUT2D eigenvalue weighted by Gasteiger charge is 2.23. The number of carbonyl (C=O) groups excluding carboxylic acids is 3. The summed E-state index contributed by atoms with van der Waals surface area (Å²) < 4.78 is 5.34. The van der Waals surface area contributed by atoms with E-state index in [0.29, 0.717) is 22.8 Å². The van der Waals surface area contributed by atoms with Crippen LogP contribution in [-0.2, 0) is 9.59 Å². The third kappa shape index (κ3) is 3.88. The van der Waals surface area contributed by atoms with Gasteiger partial charge in [0.05, 0.1) is 5.69 Å². The van der Waals surface area contributed by atoms with Gasteiger partial charge in [-0.25, -0.2) is 4.98 Å². The highest BCUT2D eigenvalue weighted by Crippen LogP contribution is 2.32. The molecule has 2 aromatic rings. The number of ether oxygens (including phenoxy) is 1. The predicted molar refractivity (Wildman–Crippen MR) is 96.5 cm³/mol. The van der Waals surface area contributed by atoms with Crippen molar-refractivity contribution in [3.8, 4) is 5.75 Å². The highest BCUT2D eigenvalue weighted by molar-refractivity contribution is 6.03. The summed E-state index contributed by atoms with van der Waals surface area (Å²) >= 11 is 0. The van der Waals surface area contributed by atoms with Gasteiger partial charge < -0.3 is 15.0 Å². The predicted octanol–water partition coefficient (Wildman–Crippen LogP) is 2.35. The third-order valence-corrected chi connectivity index (χ3v) is 4.13. The van der Waals surface area contributed by atoms with E-state index in [9.17, 15) is 14.4 Å². The second kappa shape index (κ2) is 7.35. The fourth-order valence-electron chi connectivity index (χ4n) is 2.56. The Morgan fingerprint density at radius 3 is 2.77 bits per heavy atom. The SMILES string of the molecule is Cc1ccc(NC(=O)CCC(=O)c2ccc3c(c2)N(C)C(=O)CO3)nc1. The van der Waals surface area contributed by atoms with Crippen LogP contribution in [0.15, 0.2) is 36.5 Å². The quantitative estimate of drug-likeness (QED) is 0.834. The number of ketones is 1. The Labute approximate surface area is 151 Å². The van der Waals surface area contributed by atoms with Crippen molar-refractivity contribution in [2.75, 3.05) is 23.9 Å². The molecule has 0 radical (unpaired) electrons. The molecule has 134 valence electrons. The number of pyridine rings is 1. The minimum atomic E-state index is -0.275. The number of carbonyl (C=O) groups is 3. The summed E-state index contributed by atoms with van der Waals surface area (Å²) in [6.45, 7) is 1.90. The minimum Gasteiger partial charge on any atom is -0.482 e. The zero-order valence-corrected chi connectivity index (χ0v) is 14.6. The van der Waals surface area contributed by atoms with Crippen LogP contribution in [-0.4, -0.2) is 36.2 Å². The molecule has 0 saturated carbocycles. The van der Waals surface area contributed by atoms with E-state index >= 15 is 0 Å². The maximum Gasteiger partial charge on any atom is 0.264 e. The molecular formula is C19H19N3O4. The van der Waals surface area contributed by atoms with Gasteiger partial charge in [-0.2, -0.15) is 0 Å². The molecule has 0 unspecified atom stereocenters. The van der Waals surface area contributed by atoms with Crippen molar-refractivity contribution in [3.05, 3.63) is 47.7 Å². The van der Waals surface area contributed by atoms with E-state index in [-0.39, 0.29) is 37.0 Å². The van der Waals surface area contributed by atoms with Crippen LogP contribution in [0.3, 0.4) is 0 Å². The van der Waals surface area contributed by atoms with Crippen LogP contribution in [0.1, 0.15) is 28.8 Å². The van der Waals surface area contributed by atoms with Crippen molar-refractivity contribution in [1.82, 2.24) is 4.98 Å². The number of hydrogen-bond donors (Lipinski definition) is 1. The number of rotatable bonds is 5. The van der Waals surface area contributed by atoms with Gasteiger partial charge in [0.25, 0.3) is 5.91 Å². The molecule has 0 spiro atoms. The molecule has 0 bridgehead atoms. The summed E-state index contributed by atoms with van der Waals surface area (Å²) in [6.07, 6.45) is 1.78. The number of benzene rings is 1. The minimum absolute atomic E-state index is 0.00991. The van der Waals surface area contributed by atoms with Crippen LogP contribution in [0.2, 0.25) is 0 Å². The Bertz CT molecular complexity index is 862. The van der Waals surface area contributed by atoms with Gasteiger partial charge in [0.2, 0.25) is 5.91 Å². The molecule has 1 aliphatic rings. The topological polar surface area (TPSA) is 88.6 Å². The number of aryl methyl sites for hydroxylation is 1. The molecule has 7 heteroatoms. The highest BCUT2D eigenvalue weighted by atomic mass is 16.5. The summed E-state index contributed by atoms with van der Waals surface area (Å²) in [4.78, 5) is 41.6. The van der Waals surface area contributed by atoms with Crippen LogP contribution >= 0.6 is 0 Å². The van der Waals surface area contributed by atoms with E-state index in [1.54, 1.807) is 37.5 Å². The molecule has 7 nitrogen and oxygen atoms in total. The zero-order valence-electron chi connectivity index (χ0n) is 14.6. The van der Waals surface area contributed by atoms with Crippen LogP contribution in [0.25, 0.3) is 0 Å². The van der Waals surface area contributed by atoms with Crippen LogP contribution in [0, 0.1) is 6.92 Å². The maximum absolute atomic E-state index is 12.4. The van der Waals surface area contributed by atoms with Gasteiger partial charge in [-0.3, -0.25) is 14.4 Å². The van der Waals surface area contributed by atoms with Gasteiger partial charge in [0, 0.05) is 31.6 Å². The van der Waals surface area contributed by atoms with E-state index in [4.69, 9.17) is 4.74 Å². The maximum atomic E-state index is 12.4. The third-order valence-electron chi connectivity index (χ3n) is 4.13. The number of nitrogens with one attached hydrogen (secondary N) is 1. The van der Waals surface area contributed by atoms with Crippen molar-refractivity contribution in [1.29, 1.82) is 0 Å². The van der Waals surface area contributed by atoms with Gasteiger partial charge in [-0.05, 0) is 36.8 Å². The lowest BCUT2D eigenvalue weighted by molar-refractivity contribution is -0.121. The fraction of sp³-hybridized carbons (Fsp3) is 0.263. The van der Waals surface area contributed by atoms with E-state index in [0.717, 1.165) is 5.56 Å². The average Bonchev–Trinajstić information content (AvgIpc) is 2.64. The number of aromatic nitrogens is 1. The lowest BCUT2D eigenvalue weighted by Gasteiger charge is -2.26. The molecule has 0 saturated heterocycles. The number of anilines is 2. The average molecular weight is 353 g/mol. The lowest BCUT2D eigenvalue weighted by atomic mass is 10.0. The molecule has 26 heavy (non-hydrogen) atoms. The van der Waals surface area contributed by atoms with Crippen molar-refractivity contribution in [3.63, 3.8) is 0 Å². The zero-order chi connectivity index (χ0) is 18.7. The van der Waals surface area contributed by atoms with E-state index < -0.39 is 0 Å². The van der Waals surface area contributed by atoms with Crippen molar-refractivity contribution in [2.24, 2.45) is 0 Å². The van der Waals surface area contributed by atoms with Gasteiger partial charge >= 0.3 is 0 Å².